The van der Waals surface area contributed by atoms with Gasteiger partial charge in [-0.3, -0.25) is 0 Å². The lowest BCUT2D eigenvalue weighted by molar-refractivity contribution is 0.596. The summed E-state index contributed by atoms with van der Waals surface area (Å²) >= 11 is 1.19. The first-order chi connectivity index (χ1) is 8.47. The van der Waals surface area contributed by atoms with Gasteiger partial charge in [0.25, 0.3) is 0 Å². The number of rotatable bonds is 4. The highest BCUT2D eigenvalue weighted by Crippen LogP contribution is 2.38. The third kappa shape index (κ3) is 2.33. The van der Waals surface area contributed by atoms with Gasteiger partial charge in [0.15, 0.2) is 15.7 Å². The fraction of sp³-hybridized carbons (Fsp3) is 0.727. The molecule has 1 saturated carbocycles. The Hall–Kier alpha value is -0.820. The van der Waals surface area contributed by atoms with Gasteiger partial charge in [0, 0.05) is 13.1 Å². The standard InChI is InChI=1S/C11H19N3O2S2/c1-3-18(15,16)9-10(12)13-17-11(9)14(2)8-6-4-5-7-8/h8H,3-7H2,1-2H3,(H2,12,13). The molecule has 1 aromatic heterocycles. The molecule has 1 fully saturated rings. The Labute approximate surface area is 112 Å². The smallest absolute Gasteiger partial charge is 0.184 e. The largest absolute Gasteiger partial charge is 0.382 e. The number of aromatic nitrogens is 1. The number of hydrogen-bond donors (Lipinski definition) is 1. The molecule has 2 N–H and O–H groups in total. The van der Waals surface area contributed by atoms with E-state index < -0.39 is 9.84 Å². The summed E-state index contributed by atoms with van der Waals surface area (Å²) < 4.78 is 28.2. The molecule has 0 bridgehead atoms. The van der Waals surface area contributed by atoms with Crippen LogP contribution in [-0.2, 0) is 9.84 Å². The molecule has 0 aromatic carbocycles. The van der Waals surface area contributed by atoms with Crippen molar-refractivity contribution in [3.63, 3.8) is 0 Å². The van der Waals surface area contributed by atoms with E-state index in [2.05, 4.69) is 4.37 Å². The predicted molar refractivity (Wildman–Crippen MR) is 74.9 cm³/mol. The van der Waals surface area contributed by atoms with Crippen LogP contribution in [0.3, 0.4) is 0 Å². The van der Waals surface area contributed by atoms with Crippen molar-refractivity contribution in [2.24, 2.45) is 0 Å². The minimum Gasteiger partial charge on any atom is -0.382 e. The molecular weight excluding hydrogens is 270 g/mol. The molecule has 0 radical (unpaired) electrons. The Morgan fingerprint density at radius 1 is 1.44 bits per heavy atom. The second-order valence-corrected chi connectivity index (χ2v) is 7.62. The van der Waals surface area contributed by atoms with E-state index in [9.17, 15) is 8.42 Å². The van der Waals surface area contributed by atoms with E-state index in [0.29, 0.717) is 11.0 Å². The van der Waals surface area contributed by atoms with Crippen LogP contribution in [0.1, 0.15) is 32.6 Å². The van der Waals surface area contributed by atoms with Crippen LogP contribution in [0.5, 0.6) is 0 Å². The van der Waals surface area contributed by atoms with Crippen LogP contribution in [0.15, 0.2) is 4.90 Å². The van der Waals surface area contributed by atoms with E-state index in [1.807, 2.05) is 11.9 Å². The number of nitrogens with zero attached hydrogens (tertiary/aromatic N) is 2. The fourth-order valence-electron chi connectivity index (χ4n) is 2.40. The quantitative estimate of drug-likeness (QED) is 0.916. The minimum atomic E-state index is -3.31. The molecule has 1 aliphatic rings. The third-order valence-corrected chi connectivity index (χ3v) is 6.41. The molecule has 1 heterocycles. The van der Waals surface area contributed by atoms with Gasteiger partial charge in [0.2, 0.25) is 0 Å². The zero-order chi connectivity index (χ0) is 13.3. The van der Waals surface area contributed by atoms with E-state index in [1.54, 1.807) is 6.92 Å². The summed E-state index contributed by atoms with van der Waals surface area (Å²) in [5.74, 6) is 0.197. The Morgan fingerprint density at radius 3 is 2.61 bits per heavy atom. The maximum absolute atomic E-state index is 12.1. The summed E-state index contributed by atoms with van der Waals surface area (Å²) in [5, 5.41) is 0.696. The lowest BCUT2D eigenvalue weighted by Crippen LogP contribution is -2.29. The second kappa shape index (κ2) is 5.05. The van der Waals surface area contributed by atoms with E-state index in [-0.39, 0.29) is 16.5 Å². The molecule has 7 heteroatoms. The van der Waals surface area contributed by atoms with Crippen LogP contribution >= 0.6 is 11.5 Å². The number of nitrogens with two attached hydrogens (primary N) is 1. The molecule has 0 amide bonds. The molecule has 0 unspecified atom stereocenters. The van der Waals surface area contributed by atoms with Gasteiger partial charge < -0.3 is 10.6 Å². The third-order valence-electron chi connectivity index (χ3n) is 3.54. The van der Waals surface area contributed by atoms with Crippen molar-refractivity contribution in [3.05, 3.63) is 0 Å². The molecular formula is C11H19N3O2S2. The van der Waals surface area contributed by atoms with Crippen LogP contribution < -0.4 is 10.6 Å². The average Bonchev–Trinajstić information content (AvgIpc) is 2.97. The summed E-state index contributed by atoms with van der Waals surface area (Å²) in [6.45, 7) is 1.63. The molecule has 2 rings (SSSR count). The lowest BCUT2D eigenvalue weighted by Gasteiger charge is -2.25. The second-order valence-electron chi connectivity index (χ2n) is 4.65. The molecule has 5 nitrogen and oxygen atoms in total. The van der Waals surface area contributed by atoms with E-state index >= 15 is 0 Å². The van der Waals surface area contributed by atoms with Gasteiger partial charge in [-0.05, 0) is 24.4 Å². The predicted octanol–water partition coefficient (Wildman–Crippen LogP) is 1.90. The van der Waals surface area contributed by atoms with Crippen LogP contribution in [0.25, 0.3) is 0 Å². The van der Waals surface area contributed by atoms with Crippen LogP contribution in [0.4, 0.5) is 10.8 Å². The Balaban J connectivity index is 2.39. The zero-order valence-corrected chi connectivity index (χ0v) is 12.4. The highest BCUT2D eigenvalue weighted by molar-refractivity contribution is 7.91. The van der Waals surface area contributed by atoms with E-state index in [0.717, 1.165) is 12.8 Å². The van der Waals surface area contributed by atoms with Gasteiger partial charge in [-0.25, -0.2) is 8.42 Å². The average molecular weight is 289 g/mol. The van der Waals surface area contributed by atoms with Gasteiger partial charge in [-0.15, -0.1) is 0 Å². The highest BCUT2D eigenvalue weighted by Gasteiger charge is 2.29. The molecule has 0 saturated heterocycles. The number of hydrogen-bond acceptors (Lipinski definition) is 6. The van der Waals surface area contributed by atoms with Gasteiger partial charge in [0.1, 0.15) is 9.90 Å². The van der Waals surface area contributed by atoms with Crippen LogP contribution in [0.2, 0.25) is 0 Å². The van der Waals surface area contributed by atoms with Crippen molar-refractivity contribution in [1.29, 1.82) is 0 Å². The minimum absolute atomic E-state index is 0.0567. The molecule has 1 aromatic rings. The van der Waals surface area contributed by atoms with Gasteiger partial charge in [0.05, 0.1) is 5.75 Å². The lowest BCUT2D eigenvalue weighted by atomic mass is 10.2. The monoisotopic (exact) mass is 289 g/mol. The zero-order valence-electron chi connectivity index (χ0n) is 10.7. The molecule has 0 atom stereocenters. The first kappa shape index (κ1) is 13.6. The number of anilines is 2. The summed E-state index contributed by atoms with van der Waals surface area (Å²) in [4.78, 5) is 2.27. The molecule has 1 aliphatic carbocycles. The van der Waals surface area contributed by atoms with Crippen LogP contribution in [-0.4, -0.2) is 31.6 Å². The van der Waals surface area contributed by atoms with Gasteiger partial charge in [-0.1, -0.05) is 19.8 Å². The molecule has 18 heavy (non-hydrogen) atoms. The van der Waals surface area contributed by atoms with Crippen molar-refractivity contribution >= 4 is 32.2 Å². The SMILES string of the molecule is CCS(=O)(=O)c1c(N)nsc1N(C)C1CCCC1. The normalized spacial score (nSPS) is 17.2. The van der Waals surface area contributed by atoms with Crippen molar-refractivity contribution in [2.45, 2.75) is 43.5 Å². The molecule has 0 spiro atoms. The number of sulfone groups is 1. The van der Waals surface area contributed by atoms with Crippen molar-refractivity contribution in [3.8, 4) is 0 Å². The summed E-state index contributed by atoms with van der Waals surface area (Å²) in [6.07, 6.45) is 4.64. The summed E-state index contributed by atoms with van der Waals surface area (Å²) in [6, 6.07) is 0.413. The Kier molecular flexibility index (Phi) is 3.82. The molecule has 102 valence electrons. The first-order valence-electron chi connectivity index (χ1n) is 6.18. The van der Waals surface area contributed by atoms with Crippen LogP contribution in [0, 0.1) is 0 Å². The Bertz CT molecular complexity index is 518. The maximum atomic E-state index is 12.1. The number of nitrogen functional groups attached to an aromatic ring is 1. The fourth-order valence-corrected chi connectivity index (χ4v) is 4.76. The van der Waals surface area contributed by atoms with Crippen molar-refractivity contribution < 1.29 is 8.42 Å². The summed E-state index contributed by atoms with van der Waals surface area (Å²) in [5.41, 5.74) is 5.73. The van der Waals surface area contributed by atoms with E-state index in [4.69, 9.17) is 5.73 Å². The van der Waals surface area contributed by atoms with Crippen molar-refractivity contribution in [1.82, 2.24) is 4.37 Å². The maximum Gasteiger partial charge on any atom is 0.184 e. The van der Waals surface area contributed by atoms with Crippen molar-refractivity contribution in [2.75, 3.05) is 23.4 Å². The topological polar surface area (TPSA) is 76.3 Å². The van der Waals surface area contributed by atoms with Gasteiger partial charge >= 0.3 is 0 Å². The van der Waals surface area contributed by atoms with Gasteiger partial charge in [-0.2, -0.15) is 4.37 Å². The highest BCUT2D eigenvalue weighted by atomic mass is 32.2. The van der Waals surface area contributed by atoms with E-state index in [1.165, 1.54) is 24.4 Å². The Morgan fingerprint density at radius 2 is 2.06 bits per heavy atom. The summed E-state index contributed by atoms with van der Waals surface area (Å²) in [7, 11) is -1.37. The molecule has 0 aliphatic heterocycles. The first-order valence-corrected chi connectivity index (χ1v) is 8.60.